The Labute approximate surface area is 96.8 Å². The molecule has 0 spiro atoms. The first-order valence-corrected chi connectivity index (χ1v) is 5.55. The molecule has 1 aromatic rings. The smallest absolute Gasteiger partial charge is 0.314 e. The Morgan fingerprint density at radius 3 is 2.59 bits per heavy atom. The van der Waals surface area contributed by atoms with Gasteiger partial charge < -0.3 is 5.32 Å². The zero-order valence-corrected chi connectivity index (χ0v) is 9.15. The van der Waals surface area contributed by atoms with E-state index in [0.717, 1.165) is 25.5 Å². The van der Waals surface area contributed by atoms with Crippen molar-refractivity contribution in [3.8, 4) is 0 Å². The second-order valence-electron chi connectivity index (χ2n) is 4.34. The molecule has 0 aromatic heterocycles. The van der Waals surface area contributed by atoms with E-state index in [1.165, 1.54) is 6.07 Å². The van der Waals surface area contributed by atoms with Crippen molar-refractivity contribution in [2.24, 2.45) is 0 Å². The van der Waals surface area contributed by atoms with Crippen molar-refractivity contribution in [1.29, 1.82) is 0 Å². The molecule has 1 nitrogen and oxygen atoms in total. The van der Waals surface area contributed by atoms with Gasteiger partial charge in [-0.05, 0) is 49.6 Å². The van der Waals surface area contributed by atoms with Crippen LogP contribution in [-0.4, -0.2) is 12.6 Å². The van der Waals surface area contributed by atoms with E-state index in [-0.39, 0.29) is 6.04 Å². The lowest BCUT2D eigenvalue weighted by atomic mass is 10.0. The number of benzene rings is 1. The van der Waals surface area contributed by atoms with E-state index in [4.69, 9.17) is 0 Å². The molecule has 0 saturated carbocycles. The van der Waals surface area contributed by atoms with Crippen LogP contribution in [0.2, 0.25) is 0 Å². The largest absolute Gasteiger partial charge is 0.416 e. The van der Waals surface area contributed by atoms with Gasteiger partial charge in [-0.25, -0.2) is 4.39 Å². The third-order valence-corrected chi connectivity index (χ3v) is 2.93. The summed E-state index contributed by atoms with van der Waals surface area (Å²) in [6.07, 6.45) is -2.09. The normalized spacial score (nSPS) is 20.8. The van der Waals surface area contributed by atoms with Crippen LogP contribution in [0.4, 0.5) is 17.6 Å². The van der Waals surface area contributed by atoms with E-state index in [9.17, 15) is 17.6 Å². The SMILES string of the molecule is Fc1cc(CC2CCCN2)cc(C(F)(F)F)c1. The summed E-state index contributed by atoms with van der Waals surface area (Å²) >= 11 is 0. The van der Waals surface area contributed by atoms with Gasteiger partial charge in [0, 0.05) is 6.04 Å². The maximum atomic E-state index is 13.1. The van der Waals surface area contributed by atoms with Gasteiger partial charge in [-0.2, -0.15) is 13.2 Å². The third kappa shape index (κ3) is 3.19. The Balaban J connectivity index is 2.19. The van der Waals surface area contributed by atoms with Crippen LogP contribution >= 0.6 is 0 Å². The van der Waals surface area contributed by atoms with Crippen molar-refractivity contribution in [1.82, 2.24) is 5.32 Å². The minimum Gasteiger partial charge on any atom is -0.314 e. The monoisotopic (exact) mass is 247 g/mol. The molecule has 5 heteroatoms. The summed E-state index contributed by atoms with van der Waals surface area (Å²) in [5.74, 6) is -0.826. The van der Waals surface area contributed by atoms with Gasteiger partial charge in [-0.3, -0.25) is 0 Å². The summed E-state index contributed by atoms with van der Waals surface area (Å²) in [5.41, 5.74) is -0.512. The summed E-state index contributed by atoms with van der Waals surface area (Å²) in [6, 6.07) is 2.90. The van der Waals surface area contributed by atoms with Gasteiger partial charge in [0.25, 0.3) is 0 Å². The van der Waals surface area contributed by atoms with Crippen molar-refractivity contribution in [2.45, 2.75) is 31.5 Å². The van der Waals surface area contributed by atoms with Gasteiger partial charge in [0.2, 0.25) is 0 Å². The molecule has 17 heavy (non-hydrogen) atoms. The highest BCUT2D eigenvalue weighted by Gasteiger charge is 2.31. The molecule has 1 aliphatic heterocycles. The molecule has 2 rings (SSSR count). The minimum absolute atomic E-state index is 0.165. The topological polar surface area (TPSA) is 12.0 Å². The van der Waals surface area contributed by atoms with Crippen LogP contribution in [0.25, 0.3) is 0 Å². The van der Waals surface area contributed by atoms with Crippen molar-refractivity contribution >= 4 is 0 Å². The van der Waals surface area contributed by atoms with E-state index < -0.39 is 17.6 Å². The van der Waals surface area contributed by atoms with Gasteiger partial charge in [-0.1, -0.05) is 0 Å². The number of alkyl halides is 3. The first-order valence-electron chi connectivity index (χ1n) is 5.55. The molecule has 1 saturated heterocycles. The summed E-state index contributed by atoms with van der Waals surface area (Å²) in [5, 5.41) is 3.18. The van der Waals surface area contributed by atoms with E-state index in [0.29, 0.717) is 18.1 Å². The highest BCUT2D eigenvalue weighted by molar-refractivity contribution is 5.27. The third-order valence-electron chi connectivity index (χ3n) is 2.93. The van der Waals surface area contributed by atoms with E-state index >= 15 is 0 Å². The molecule has 1 heterocycles. The van der Waals surface area contributed by atoms with Gasteiger partial charge in [0.05, 0.1) is 5.56 Å². The fraction of sp³-hybridized carbons (Fsp3) is 0.500. The number of nitrogens with one attached hydrogen (secondary N) is 1. The summed E-state index contributed by atoms with van der Waals surface area (Å²) < 4.78 is 50.5. The first kappa shape index (κ1) is 12.4. The predicted octanol–water partition coefficient (Wildman–Crippen LogP) is 3.14. The Hall–Kier alpha value is -1.10. The lowest BCUT2D eigenvalue weighted by Gasteiger charge is -2.13. The van der Waals surface area contributed by atoms with Crippen LogP contribution in [0.3, 0.4) is 0 Å². The van der Waals surface area contributed by atoms with Crippen molar-refractivity contribution in [3.63, 3.8) is 0 Å². The zero-order chi connectivity index (χ0) is 12.5. The Morgan fingerprint density at radius 2 is 2.00 bits per heavy atom. The molecule has 0 amide bonds. The molecular formula is C12H13F4N. The average molecular weight is 247 g/mol. The van der Waals surface area contributed by atoms with Gasteiger partial charge in [0.15, 0.2) is 0 Å². The quantitative estimate of drug-likeness (QED) is 0.792. The van der Waals surface area contributed by atoms with E-state index in [2.05, 4.69) is 5.32 Å². The lowest BCUT2D eigenvalue weighted by Crippen LogP contribution is -2.23. The van der Waals surface area contributed by atoms with Crippen LogP contribution < -0.4 is 5.32 Å². The summed E-state index contributed by atoms with van der Waals surface area (Å²) in [4.78, 5) is 0. The van der Waals surface area contributed by atoms with Gasteiger partial charge >= 0.3 is 6.18 Å². The summed E-state index contributed by atoms with van der Waals surface area (Å²) in [7, 11) is 0. The molecule has 0 radical (unpaired) electrons. The molecular weight excluding hydrogens is 234 g/mol. The number of hydrogen-bond acceptors (Lipinski definition) is 1. The maximum Gasteiger partial charge on any atom is 0.416 e. The average Bonchev–Trinajstić information content (AvgIpc) is 2.68. The fourth-order valence-electron chi connectivity index (χ4n) is 2.15. The van der Waals surface area contributed by atoms with Crippen LogP contribution in [-0.2, 0) is 12.6 Å². The molecule has 1 N–H and O–H groups in total. The minimum atomic E-state index is -4.49. The predicted molar refractivity (Wildman–Crippen MR) is 56.1 cm³/mol. The number of halogens is 4. The summed E-state index contributed by atoms with van der Waals surface area (Å²) in [6.45, 7) is 0.881. The van der Waals surface area contributed by atoms with E-state index in [1.807, 2.05) is 0 Å². The van der Waals surface area contributed by atoms with Crippen LogP contribution in [0, 0.1) is 5.82 Å². The second-order valence-corrected chi connectivity index (χ2v) is 4.34. The fourth-order valence-corrected chi connectivity index (χ4v) is 2.15. The van der Waals surface area contributed by atoms with Crippen LogP contribution in [0.15, 0.2) is 18.2 Å². The Kier molecular flexibility index (Phi) is 3.38. The molecule has 1 aromatic carbocycles. The lowest BCUT2D eigenvalue weighted by molar-refractivity contribution is -0.137. The number of rotatable bonds is 2. The first-order chi connectivity index (χ1) is 7.95. The Morgan fingerprint density at radius 1 is 1.24 bits per heavy atom. The van der Waals surface area contributed by atoms with E-state index in [1.54, 1.807) is 0 Å². The standard InChI is InChI=1S/C12H13F4N/c13-10-5-8(6-11-2-1-3-17-11)4-9(7-10)12(14,15)16/h4-5,7,11,17H,1-3,6H2. The highest BCUT2D eigenvalue weighted by Crippen LogP contribution is 2.30. The van der Waals surface area contributed by atoms with Crippen LogP contribution in [0.5, 0.6) is 0 Å². The Bertz CT molecular complexity index is 394. The maximum absolute atomic E-state index is 13.1. The number of hydrogen-bond donors (Lipinski definition) is 1. The molecule has 94 valence electrons. The molecule has 1 aliphatic rings. The van der Waals surface area contributed by atoms with Gasteiger partial charge in [-0.15, -0.1) is 0 Å². The van der Waals surface area contributed by atoms with Gasteiger partial charge in [0.1, 0.15) is 5.82 Å². The van der Waals surface area contributed by atoms with Crippen molar-refractivity contribution in [3.05, 3.63) is 35.1 Å². The molecule has 1 atom stereocenters. The molecule has 1 unspecified atom stereocenters. The zero-order valence-electron chi connectivity index (χ0n) is 9.15. The molecule has 0 aliphatic carbocycles. The van der Waals surface area contributed by atoms with Crippen LogP contribution in [0.1, 0.15) is 24.0 Å². The second kappa shape index (κ2) is 4.64. The van der Waals surface area contributed by atoms with Crippen molar-refractivity contribution in [2.75, 3.05) is 6.54 Å². The molecule has 1 fully saturated rings. The highest BCUT2D eigenvalue weighted by atomic mass is 19.4. The molecule has 0 bridgehead atoms. The van der Waals surface area contributed by atoms with Crippen molar-refractivity contribution < 1.29 is 17.6 Å².